The summed E-state index contributed by atoms with van der Waals surface area (Å²) in [6.07, 6.45) is 1.44. The molecular formula is C6H9N3O2. The van der Waals surface area contributed by atoms with Crippen LogP contribution in [0.1, 0.15) is 16.3 Å². The Morgan fingerprint density at radius 3 is 2.82 bits per heavy atom. The second-order valence-electron chi connectivity index (χ2n) is 2.16. The fourth-order valence-corrected chi connectivity index (χ4v) is 0.797. The van der Waals surface area contributed by atoms with E-state index in [2.05, 4.69) is 4.98 Å². The van der Waals surface area contributed by atoms with Gasteiger partial charge in [0.1, 0.15) is 5.82 Å². The first-order chi connectivity index (χ1) is 5.15. The van der Waals surface area contributed by atoms with Crippen LogP contribution in [0.25, 0.3) is 0 Å². The third-order valence-corrected chi connectivity index (χ3v) is 1.37. The molecule has 1 aromatic rings. The van der Waals surface area contributed by atoms with Gasteiger partial charge in [-0.05, 0) is 0 Å². The minimum Gasteiger partial charge on any atom is -0.476 e. The quantitative estimate of drug-likeness (QED) is 0.607. The summed E-state index contributed by atoms with van der Waals surface area (Å²) in [4.78, 5) is 14.1. The van der Waals surface area contributed by atoms with Crippen LogP contribution in [-0.4, -0.2) is 20.6 Å². The summed E-state index contributed by atoms with van der Waals surface area (Å²) < 4.78 is 1.60. The molecule has 0 fully saturated rings. The Labute approximate surface area is 63.5 Å². The molecule has 60 valence electrons. The predicted octanol–water partition coefficient (Wildman–Crippen LogP) is -0.423. The molecule has 0 unspecified atom stereocenters. The molecule has 0 amide bonds. The fourth-order valence-electron chi connectivity index (χ4n) is 0.797. The normalized spacial score (nSPS) is 10.0. The molecule has 1 rings (SSSR count). The lowest BCUT2D eigenvalue weighted by molar-refractivity contribution is 0.0691. The highest BCUT2D eigenvalue weighted by Crippen LogP contribution is 1.99. The first-order valence-electron chi connectivity index (χ1n) is 3.10. The second kappa shape index (κ2) is 2.71. The second-order valence-corrected chi connectivity index (χ2v) is 2.16. The average molecular weight is 155 g/mol. The largest absolute Gasteiger partial charge is 0.476 e. The lowest BCUT2D eigenvalue weighted by Gasteiger charge is -1.92. The van der Waals surface area contributed by atoms with Gasteiger partial charge in [0, 0.05) is 13.2 Å². The first kappa shape index (κ1) is 7.74. The lowest BCUT2D eigenvalue weighted by atomic mass is 10.5. The topological polar surface area (TPSA) is 81.1 Å². The number of aromatic nitrogens is 2. The van der Waals surface area contributed by atoms with E-state index in [0.717, 1.165) is 0 Å². The molecule has 0 aliphatic heterocycles. The summed E-state index contributed by atoms with van der Waals surface area (Å²) in [6, 6.07) is 0. The molecule has 0 radical (unpaired) electrons. The van der Waals surface area contributed by atoms with E-state index in [4.69, 9.17) is 10.8 Å². The van der Waals surface area contributed by atoms with Crippen molar-refractivity contribution in [2.24, 2.45) is 12.8 Å². The molecule has 0 saturated heterocycles. The van der Waals surface area contributed by atoms with Gasteiger partial charge in [-0.25, -0.2) is 9.78 Å². The van der Waals surface area contributed by atoms with Crippen LogP contribution >= 0.6 is 0 Å². The van der Waals surface area contributed by atoms with Gasteiger partial charge in [0.05, 0.1) is 6.54 Å². The number of nitrogens with zero attached hydrogens (tertiary/aromatic N) is 2. The SMILES string of the molecule is Cn1cc(C(=O)O)nc1CN. The van der Waals surface area contributed by atoms with Crippen LogP contribution in [0.2, 0.25) is 0 Å². The maximum Gasteiger partial charge on any atom is 0.356 e. The number of carboxylic acid groups (broad SMARTS) is 1. The van der Waals surface area contributed by atoms with Gasteiger partial charge in [-0.1, -0.05) is 0 Å². The van der Waals surface area contributed by atoms with Crippen LogP contribution in [0, 0.1) is 0 Å². The molecule has 5 heteroatoms. The predicted molar refractivity (Wildman–Crippen MR) is 38.1 cm³/mol. The number of nitrogens with two attached hydrogens (primary N) is 1. The minimum absolute atomic E-state index is 0.0351. The minimum atomic E-state index is -1.03. The van der Waals surface area contributed by atoms with Crippen LogP contribution < -0.4 is 5.73 Å². The monoisotopic (exact) mass is 155 g/mol. The number of imidazole rings is 1. The summed E-state index contributed by atoms with van der Waals surface area (Å²) in [5.41, 5.74) is 5.32. The van der Waals surface area contributed by atoms with Crippen molar-refractivity contribution in [1.82, 2.24) is 9.55 Å². The van der Waals surface area contributed by atoms with Crippen LogP contribution in [0.3, 0.4) is 0 Å². The Hall–Kier alpha value is -1.36. The molecule has 0 aromatic carbocycles. The van der Waals surface area contributed by atoms with E-state index in [1.165, 1.54) is 6.20 Å². The van der Waals surface area contributed by atoms with Gasteiger partial charge < -0.3 is 15.4 Å². The van der Waals surface area contributed by atoms with Crippen molar-refractivity contribution < 1.29 is 9.90 Å². The van der Waals surface area contributed by atoms with Gasteiger partial charge >= 0.3 is 5.97 Å². The van der Waals surface area contributed by atoms with Crippen LogP contribution in [0.15, 0.2) is 6.20 Å². The molecular weight excluding hydrogens is 146 g/mol. The van der Waals surface area contributed by atoms with Crippen molar-refractivity contribution in [1.29, 1.82) is 0 Å². The van der Waals surface area contributed by atoms with Crippen molar-refractivity contribution in [3.05, 3.63) is 17.7 Å². The van der Waals surface area contributed by atoms with E-state index in [1.54, 1.807) is 11.6 Å². The standard InChI is InChI=1S/C6H9N3O2/c1-9-3-4(6(10)11)8-5(9)2-7/h3H,2,7H2,1H3,(H,10,11). The van der Waals surface area contributed by atoms with Crippen LogP contribution in [0.5, 0.6) is 0 Å². The molecule has 1 heterocycles. The zero-order chi connectivity index (χ0) is 8.43. The van der Waals surface area contributed by atoms with E-state index < -0.39 is 5.97 Å². The number of hydrogen-bond donors (Lipinski definition) is 2. The number of carboxylic acids is 1. The maximum atomic E-state index is 10.4. The zero-order valence-corrected chi connectivity index (χ0v) is 6.11. The highest BCUT2D eigenvalue weighted by Gasteiger charge is 2.08. The summed E-state index contributed by atoms with van der Waals surface area (Å²) >= 11 is 0. The highest BCUT2D eigenvalue weighted by molar-refractivity contribution is 5.85. The molecule has 1 aromatic heterocycles. The Kier molecular flexibility index (Phi) is 1.91. The zero-order valence-electron chi connectivity index (χ0n) is 6.11. The van der Waals surface area contributed by atoms with Crippen molar-refractivity contribution in [2.45, 2.75) is 6.54 Å². The van der Waals surface area contributed by atoms with Crippen molar-refractivity contribution in [3.8, 4) is 0 Å². The smallest absolute Gasteiger partial charge is 0.356 e. The van der Waals surface area contributed by atoms with Gasteiger partial charge in [-0.2, -0.15) is 0 Å². The van der Waals surface area contributed by atoms with E-state index in [0.29, 0.717) is 5.82 Å². The number of rotatable bonds is 2. The van der Waals surface area contributed by atoms with Gasteiger partial charge in [0.15, 0.2) is 5.69 Å². The van der Waals surface area contributed by atoms with E-state index in [9.17, 15) is 4.79 Å². The number of aromatic carboxylic acids is 1. The highest BCUT2D eigenvalue weighted by atomic mass is 16.4. The van der Waals surface area contributed by atoms with Gasteiger partial charge in [0.2, 0.25) is 0 Å². The molecule has 5 nitrogen and oxygen atoms in total. The molecule has 3 N–H and O–H groups in total. The van der Waals surface area contributed by atoms with Crippen molar-refractivity contribution >= 4 is 5.97 Å². The van der Waals surface area contributed by atoms with Crippen LogP contribution in [0.4, 0.5) is 0 Å². The third-order valence-electron chi connectivity index (χ3n) is 1.37. The molecule has 0 bridgehead atoms. The van der Waals surface area contributed by atoms with E-state index in [-0.39, 0.29) is 12.2 Å². The Balaban J connectivity index is 3.05. The fraction of sp³-hybridized carbons (Fsp3) is 0.333. The summed E-state index contributed by atoms with van der Waals surface area (Å²) in [5.74, 6) is -0.456. The summed E-state index contributed by atoms with van der Waals surface area (Å²) in [6.45, 7) is 0.254. The Bertz CT molecular complexity index is 279. The van der Waals surface area contributed by atoms with Gasteiger partial charge in [0.25, 0.3) is 0 Å². The van der Waals surface area contributed by atoms with Gasteiger partial charge in [-0.3, -0.25) is 0 Å². The summed E-state index contributed by atoms with van der Waals surface area (Å²) in [5, 5.41) is 8.50. The molecule has 0 atom stereocenters. The van der Waals surface area contributed by atoms with Crippen molar-refractivity contribution in [3.63, 3.8) is 0 Å². The number of carbonyl (C=O) groups is 1. The number of aryl methyl sites for hydroxylation is 1. The molecule has 0 aliphatic carbocycles. The Morgan fingerprint density at radius 1 is 1.91 bits per heavy atom. The Morgan fingerprint density at radius 2 is 2.55 bits per heavy atom. The average Bonchev–Trinajstić information content (AvgIpc) is 2.31. The number of hydrogen-bond acceptors (Lipinski definition) is 3. The molecule has 0 aliphatic rings. The van der Waals surface area contributed by atoms with Gasteiger partial charge in [-0.15, -0.1) is 0 Å². The summed E-state index contributed by atoms with van der Waals surface area (Å²) in [7, 11) is 1.71. The van der Waals surface area contributed by atoms with Crippen molar-refractivity contribution in [2.75, 3.05) is 0 Å². The van der Waals surface area contributed by atoms with E-state index in [1.807, 2.05) is 0 Å². The molecule has 0 saturated carbocycles. The first-order valence-corrected chi connectivity index (χ1v) is 3.10. The molecule has 11 heavy (non-hydrogen) atoms. The third kappa shape index (κ3) is 1.38. The molecule has 0 spiro atoms. The lowest BCUT2D eigenvalue weighted by Crippen LogP contribution is -2.04. The van der Waals surface area contributed by atoms with Crippen LogP contribution in [-0.2, 0) is 13.6 Å². The maximum absolute atomic E-state index is 10.4. The van der Waals surface area contributed by atoms with E-state index >= 15 is 0 Å².